The molecule has 0 saturated carbocycles. The quantitative estimate of drug-likeness (QED) is 0.635. The lowest BCUT2D eigenvalue weighted by Crippen LogP contribution is -2.31. The highest BCUT2D eigenvalue weighted by Gasteiger charge is 2.08. The van der Waals surface area contributed by atoms with E-state index in [1.807, 2.05) is 0 Å². The van der Waals surface area contributed by atoms with Crippen molar-refractivity contribution in [1.29, 1.82) is 0 Å². The molecule has 1 amide bonds. The van der Waals surface area contributed by atoms with Gasteiger partial charge in [-0.3, -0.25) is 14.2 Å². The van der Waals surface area contributed by atoms with Crippen molar-refractivity contribution in [1.82, 2.24) is 14.9 Å². The molecule has 0 fully saturated rings. The van der Waals surface area contributed by atoms with E-state index in [2.05, 4.69) is 10.3 Å². The molecule has 0 radical (unpaired) electrons. The van der Waals surface area contributed by atoms with Gasteiger partial charge < -0.3 is 11.1 Å². The topological polar surface area (TPSA) is 90.0 Å². The summed E-state index contributed by atoms with van der Waals surface area (Å²) in [6.07, 6.45) is 1.18. The second kappa shape index (κ2) is 4.10. The van der Waals surface area contributed by atoms with Crippen molar-refractivity contribution in [3.8, 4) is 0 Å². The first-order valence-corrected chi connectivity index (χ1v) is 4.15. The fourth-order valence-electron chi connectivity index (χ4n) is 0.832. The molecular formula is C7H9ClN4O2. The van der Waals surface area contributed by atoms with Gasteiger partial charge in [0.15, 0.2) is 5.15 Å². The summed E-state index contributed by atoms with van der Waals surface area (Å²) >= 11 is 5.51. The van der Waals surface area contributed by atoms with Crippen molar-refractivity contribution < 1.29 is 4.79 Å². The Balaban J connectivity index is 3.06. The SMILES string of the molecule is CNC(=O)Cn1cnc(Cl)c(N)c1=O. The normalized spacial score (nSPS) is 9.86. The highest BCUT2D eigenvalue weighted by Crippen LogP contribution is 2.07. The molecule has 76 valence electrons. The van der Waals surface area contributed by atoms with Crippen LogP contribution in [0.5, 0.6) is 0 Å². The smallest absolute Gasteiger partial charge is 0.278 e. The zero-order chi connectivity index (χ0) is 10.7. The summed E-state index contributed by atoms with van der Waals surface area (Å²) in [5.41, 5.74) is 4.67. The zero-order valence-electron chi connectivity index (χ0n) is 7.45. The predicted octanol–water partition coefficient (Wildman–Crippen LogP) is -0.775. The molecule has 1 heterocycles. The third-order valence-electron chi connectivity index (χ3n) is 1.62. The first-order valence-electron chi connectivity index (χ1n) is 3.77. The lowest BCUT2D eigenvalue weighted by Gasteiger charge is -2.04. The van der Waals surface area contributed by atoms with Gasteiger partial charge in [-0.2, -0.15) is 0 Å². The number of halogens is 1. The van der Waals surface area contributed by atoms with Gasteiger partial charge in [-0.1, -0.05) is 11.6 Å². The summed E-state index contributed by atoms with van der Waals surface area (Å²) in [6.45, 7) is -0.121. The van der Waals surface area contributed by atoms with E-state index in [0.717, 1.165) is 4.57 Å². The van der Waals surface area contributed by atoms with Crippen LogP contribution in [-0.2, 0) is 11.3 Å². The molecule has 1 aromatic heterocycles. The molecule has 6 nitrogen and oxygen atoms in total. The van der Waals surface area contributed by atoms with E-state index >= 15 is 0 Å². The summed E-state index contributed by atoms with van der Waals surface area (Å²) in [6, 6.07) is 0. The number of aromatic nitrogens is 2. The lowest BCUT2D eigenvalue weighted by molar-refractivity contribution is -0.121. The van der Waals surface area contributed by atoms with Crippen LogP contribution < -0.4 is 16.6 Å². The summed E-state index contributed by atoms with van der Waals surface area (Å²) in [5.74, 6) is -0.310. The van der Waals surface area contributed by atoms with Gasteiger partial charge in [0.05, 0.1) is 6.33 Å². The van der Waals surface area contributed by atoms with Crippen LogP contribution in [0.3, 0.4) is 0 Å². The van der Waals surface area contributed by atoms with Crippen LogP contribution in [0.1, 0.15) is 0 Å². The minimum absolute atomic E-state index is 0.0526. The van der Waals surface area contributed by atoms with E-state index in [9.17, 15) is 9.59 Å². The molecule has 1 aromatic rings. The molecule has 7 heteroatoms. The number of hydrogen-bond donors (Lipinski definition) is 2. The Bertz CT molecular complexity index is 415. The Hall–Kier alpha value is -1.56. The predicted molar refractivity (Wildman–Crippen MR) is 52.0 cm³/mol. The number of rotatable bonds is 2. The highest BCUT2D eigenvalue weighted by molar-refractivity contribution is 6.31. The van der Waals surface area contributed by atoms with Gasteiger partial charge in [0.2, 0.25) is 5.91 Å². The van der Waals surface area contributed by atoms with Crippen LogP contribution in [0.15, 0.2) is 11.1 Å². The van der Waals surface area contributed by atoms with Crippen LogP contribution in [0.4, 0.5) is 5.69 Å². The number of amides is 1. The largest absolute Gasteiger partial charge is 0.392 e. The van der Waals surface area contributed by atoms with E-state index in [0.29, 0.717) is 0 Å². The molecule has 0 aromatic carbocycles. The van der Waals surface area contributed by atoms with Gasteiger partial charge in [0.25, 0.3) is 5.56 Å². The number of nitrogen functional groups attached to an aromatic ring is 1. The van der Waals surface area contributed by atoms with Gasteiger partial charge in [-0.25, -0.2) is 4.98 Å². The summed E-state index contributed by atoms with van der Waals surface area (Å²) in [7, 11) is 1.47. The maximum Gasteiger partial charge on any atom is 0.278 e. The molecule has 0 saturated heterocycles. The van der Waals surface area contributed by atoms with E-state index in [-0.39, 0.29) is 23.3 Å². The Morgan fingerprint density at radius 1 is 1.79 bits per heavy atom. The van der Waals surface area contributed by atoms with E-state index in [4.69, 9.17) is 17.3 Å². The number of likely N-dealkylation sites (N-methyl/N-ethyl adjacent to an activating group) is 1. The number of anilines is 1. The molecule has 0 unspecified atom stereocenters. The van der Waals surface area contributed by atoms with Crippen molar-refractivity contribution in [2.24, 2.45) is 0 Å². The van der Waals surface area contributed by atoms with E-state index < -0.39 is 5.56 Å². The monoisotopic (exact) mass is 216 g/mol. The maximum atomic E-state index is 11.4. The van der Waals surface area contributed by atoms with E-state index in [1.165, 1.54) is 13.4 Å². The fraction of sp³-hybridized carbons (Fsp3) is 0.286. The van der Waals surface area contributed by atoms with Gasteiger partial charge >= 0.3 is 0 Å². The van der Waals surface area contributed by atoms with Crippen LogP contribution in [0.25, 0.3) is 0 Å². The molecule has 14 heavy (non-hydrogen) atoms. The molecule has 1 rings (SSSR count). The Morgan fingerprint density at radius 2 is 2.43 bits per heavy atom. The number of carbonyl (C=O) groups is 1. The molecule has 0 aliphatic rings. The summed E-state index contributed by atoms with van der Waals surface area (Å²) in [4.78, 5) is 26.0. The van der Waals surface area contributed by atoms with Crippen molar-refractivity contribution in [3.63, 3.8) is 0 Å². The molecule has 0 aliphatic heterocycles. The fourth-order valence-corrected chi connectivity index (χ4v) is 0.956. The maximum absolute atomic E-state index is 11.4. The Labute approximate surface area is 84.7 Å². The Kier molecular flexibility index (Phi) is 3.08. The third-order valence-corrected chi connectivity index (χ3v) is 1.92. The number of carbonyl (C=O) groups excluding carboxylic acids is 1. The number of hydrogen-bond acceptors (Lipinski definition) is 4. The molecule has 3 N–H and O–H groups in total. The zero-order valence-corrected chi connectivity index (χ0v) is 8.21. The number of nitrogens with two attached hydrogens (primary N) is 1. The molecule has 0 bridgehead atoms. The lowest BCUT2D eigenvalue weighted by atomic mass is 10.5. The van der Waals surface area contributed by atoms with Crippen LogP contribution >= 0.6 is 11.6 Å². The van der Waals surface area contributed by atoms with Crippen molar-refractivity contribution in [2.45, 2.75) is 6.54 Å². The molecule has 0 atom stereocenters. The van der Waals surface area contributed by atoms with Crippen LogP contribution in [0.2, 0.25) is 5.15 Å². The molecule has 0 spiro atoms. The first-order chi connectivity index (χ1) is 6.56. The number of nitrogens with one attached hydrogen (secondary N) is 1. The van der Waals surface area contributed by atoms with Gasteiger partial charge in [-0.05, 0) is 0 Å². The van der Waals surface area contributed by atoms with Crippen molar-refractivity contribution in [3.05, 3.63) is 21.8 Å². The highest BCUT2D eigenvalue weighted by atomic mass is 35.5. The second-order valence-corrected chi connectivity index (χ2v) is 2.91. The van der Waals surface area contributed by atoms with Gasteiger partial charge in [0.1, 0.15) is 12.2 Å². The minimum Gasteiger partial charge on any atom is -0.392 e. The van der Waals surface area contributed by atoms with E-state index in [1.54, 1.807) is 0 Å². The van der Waals surface area contributed by atoms with Crippen molar-refractivity contribution >= 4 is 23.2 Å². The Morgan fingerprint density at radius 3 is 3.00 bits per heavy atom. The third kappa shape index (κ3) is 2.02. The first kappa shape index (κ1) is 10.5. The van der Waals surface area contributed by atoms with Crippen LogP contribution in [0, 0.1) is 0 Å². The van der Waals surface area contributed by atoms with Gasteiger partial charge in [0, 0.05) is 7.05 Å². The molecular weight excluding hydrogens is 208 g/mol. The average Bonchev–Trinajstić information content (AvgIpc) is 2.19. The second-order valence-electron chi connectivity index (χ2n) is 2.56. The number of nitrogens with zero attached hydrogens (tertiary/aromatic N) is 2. The minimum atomic E-state index is -0.520. The van der Waals surface area contributed by atoms with Crippen molar-refractivity contribution in [2.75, 3.05) is 12.8 Å². The standard InChI is InChI=1S/C7H9ClN4O2/c1-10-4(13)2-12-3-11-6(8)5(9)7(12)14/h3H,2,9H2,1H3,(H,10,13). The average molecular weight is 217 g/mol. The van der Waals surface area contributed by atoms with Crippen LogP contribution in [-0.4, -0.2) is 22.5 Å². The summed E-state index contributed by atoms with van der Waals surface area (Å²) < 4.78 is 1.08. The molecule has 0 aliphatic carbocycles. The van der Waals surface area contributed by atoms with Gasteiger partial charge in [-0.15, -0.1) is 0 Å². The summed E-state index contributed by atoms with van der Waals surface area (Å²) in [5, 5.41) is 2.32.